The van der Waals surface area contributed by atoms with Crippen molar-refractivity contribution in [3.8, 4) is 11.1 Å². The zero-order chi connectivity index (χ0) is 19.2. The summed E-state index contributed by atoms with van der Waals surface area (Å²) in [5.74, 6) is 0.0430. The van der Waals surface area contributed by atoms with E-state index in [4.69, 9.17) is 10.7 Å². The van der Waals surface area contributed by atoms with Gasteiger partial charge in [-0.1, -0.05) is 32.0 Å². The molecule has 0 fully saturated rings. The van der Waals surface area contributed by atoms with E-state index in [-0.39, 0.29) is 11.5 Å². The summed E-state index contributed by atoms with van der Waals surface area (Å²) in [7, 11) is 0. The van der Waals surface area contributed by atoms with Crippen molar-refractivity contribution in [1.82, 2.24) is 9.55 Å². The van der Waals surface area contributed by atoms with E-state index in [1.165, 1.54) is 27.0 Å². The van der Waals surface area contributed by atoms with Crippen LogP contribution in [-0.2, 0) is 4.79 Å². The minimum absolute atomic E-state index is 0.000990. The van der Waals surface area contributed by atoms with E-state index in [1.807, 2.05) is 25.3 Å². The Morgan fingerprint density at radius 1 is 1.19 bits per heavy atom. The molecule has 6 heteroatoms. The predicted molar refractivity (Wildman–Crippen MR) is 107 cm³/mol. The number of hydrogen-bond acceptors (Lipinski definition) is 4. The average molecular weight is 369 g/mol. The van der Waals surface area contributed by atoms with Crippen molar-refractivity contribution in [2.24, 2.45) is 5.73 Å². The quantitative estimate of drug-likeness (QED) is 0.757. The predicted octanol–water partition coefficient (Wildman–Crippen LogP) is 3.91. The van der Waals surface area contributed by atoms with Gasteiger partial charge in [-0.25, -0.2) is 4.98 Å². The van der Waals surface area contributed by atoms with Crippen molar-refractivity contribution in [3.63, 3.8) is 0 Å². The van der Waals surface area contributed by atoms with Crippen molar-refractivity contribution in [1.29, 1.82) is 0 Å². The Labute approximate surface area is 156 Å². The van der Waals surface area contributed by atoms with Gasteiger partial charge in [-0.15, -0.1) is 11.3 Å². The normalized spacial score (nSPS) is 12.7. The van der Waals surface area contributed by atoms with Crippen molar-refractivity contribution in [2.45, 2.75) is 46.6 Å². The van der Waals surface area contributed by atoms with Gasteiger partial charge in [0.1, 0.15) is 16.7 Å². The second-order valence-corrected chi connectivity index (χ2v) is 7.86. The first-order valence-electron chi connectivity index (χ1n) is 8.63. The van der Waals surface area contributed by atoms with Gasteiger partial charge in [-0.3, -0.25) is 14.2 Å². The van der Waals surface area contributed by atoms with Crippen LogP contribution in [0.4, 0.5) is 0 Å². The highest BCUT2D eigenvalue weighted by molar-refractivity contribution is 7.17. The van der Waals surface area contributed by atoms with Crippen LogP contribution in [0.15, 0.2) is 28.4 Å². The minimum Gasteiger partial charge on any atom is -0.368 e. The zero-order valence-corrected chi connectivity index (χ0v) is 16.5. The average Bonchev–Trinajstić information content (AvgIpc) is 3.00. The van der Waals surface area contributed by atoms with Crippen molar-refractivity contribution in [3.05, 3.63) is 50.9 Å². The molecule has 2 heterocycles. The summed E-state index contributed by atoms with van der Waals surface area (Å²) >= 11 is 1.45. The van der Waals surface area contributed by atoms with E-state index in [0.29, 0.717) is 16.0 Å². The van der Waals surface area contributed by atoms with Crippen LogP contribution in [0.1, 0.15) is 49.7 Å². The molecule has 0 spiro atoms. The number of nitrogens with two attached hydrogens (primary N) is 1. The second kappa shape index (κ2) is 6.68. The van der Waals surface area contributed by atoms with Crippen molar-refractivity contribution >= 4 is 27.5 Å². The Morgan fingerprint density at radius 2 is 1.88 bits per heavy atom. The van der Waals surface area contributed by atoms with Crippen molar-refractivity contribution in [2.75, 3.05) is 0 Å². The molecule has 0 aliphatic carbocycles. The molecule has 0 bridgehead atoms. The van der Waals surface area contributed by atoms with Gasteiger partial charge in [-0.2, -0.15) is 0 Å². The fraction of sp³-hybridized carbons (Fsp3) is 0.350. The molecular weight excluding hydrogens is 346 g/mol. The number of benzene rings is 1. The number of thiophene rings is 1. The lowest BCUT2D eigenvalue weighted by molar-refractivity contribution is -0.120. The fourth-order valence-corrected chi connectivity index (χ4v) is 3.99. The van der Waals surface area contributed by atoms with Gasteiger partial charge in [0.2, 0.25) is 5.91 Å². The van der Waals surface area contributed by atoms with Crippen LogP contribution in [0.3, 0.4) is 0 Å². The summed E-state index contributed by atoms with van der Waals surface area (Å²) in [4.78, 5) is 30.5. The largest absolute Gasteiger partial charge is 0.368 e. The number of nitrogens with zero attached hydrogens (tertiary/aromatic N) is 2. The maximum absolute atomic E-state index is 13.3. The number of carbonyl (C=O) groups excluding carboxylic acids is 1. The zero-order valence-electron chi connectivity index (χ0n) is 15.7. The van der Waals surface area contributed by atoms with E-state index in [9.17, 15) is 9.59 Å². The number of fused-ring (bicyclic) bond motifs is 1. The first-order valence-corrected chi connectivity index (χ1v) is 9.51. The van der Waals surface area contributed by atoms with Crippen LogP contribution in [0.2, 0.25) is 0 Å². The molecule has 1 unspecified atom stereocenters. The van der Waals surface area contributed by atoms with Gasteiger partial charge < -0.3 is 5.73 Å². The highest BCUT2D eigenvalue weighted by atomic mass is 32.1. The SMILES string of the molecule is Cc1ccc(-c2csc3nc(C(C)C)n(C(C)C(N)=O)c(=O)c23)cc1C. The molecule has 2 N–H and O–H groups in total. The molecule has 0 saturated carbocycles. The van der Waals surface area contributed by atoms with Gasteiger partial charge >= 0.3 is 0 Å². The first-order chi connectivity index (χ1) is 12.2. The molecule has 3 rings (SSSR count). The Balaban J connectivity index is 2.36. The van der Waals surface area contributed by atoms with Gasteiger partial charge in [0, 0.05) is 16.9 Å². The van der Waals surface area contributed by atoms with Crippen LogP contribution in [0.5, 0.6) is 0 Å². The Bertz CT molecular complexity index is 1060. The number of rotatable bonds is 4. The van der Waals surface area contributed by atoms with E-state index in [1.54, 1.807) is 6.92 Å². The fourth-order valence-electron chi connectivity index (χ4n) is 3.05. The molecule has 5 nitrogen and oxygen atoms in total. The summed E-state index contributed by atoms with van der Waals surface area (Å²) in [6.07, 6.45) is 0. The van der Waals surface area contributed by atoms with Gasteiger partial charge in [0.05, 0.1) is 5.39 Å². The molecule has 2 aromatic heterocycles. The van der Waals surface area contributed by atoms with E-state index in [0.717, 1.165) is 11.1 Å². The van der Waals surface area contributed by atoms with Crippen LogP contribution < -0.4 is 11.3 Å². The summed E-state index contributed by atoms with van der Waals surface area (Å²) in [6, 6.07) is 5.40. The number of amides is 1. The lowest BCUT2D eigenvalue weighted by Gasteiger charge is -2.19. The van der Waals surface area contributed by atoms with Crippen LogP contribution in [-0.4, -0.2) is 15.5 Å². The molecule has 26 heavy (non-hydrogen) atoms. The highest BCUT2D eigenvalue weighted by Gasteiger charge is 2.24. The van der Waals surface area contributed by atoms with E-state index < -0.39 is 11.9 Å². The molecule has 1 aromatic carbocycles. The molecule has 1 amide bonds. The van der Waals surface area contributed by atoms with Gasteiger partial charge in [0.25, 0.3) is 5.56 Å². The molecule has 0 aliphatic rings. The number of aromatic nitrogens is 2. The third-order valence-corrected chi connectivity index (χ3v) is 5.67. The van der Waals surface area contributed by atoms with E-state index in [2.05, 4.69) is 26.0 Å². The molecule has 0 aliphatic heterocycles. The molecule has 0 saturated heterocycles. The van der Waals surface area contributed by atoms with Crippen LogP contribution in [0.25, 0.3) is 21.3 Å². The molecule has 3 aromatic rings. The minimum atomic E-state index is -0.746. The lowest BCUT2D eigenvalue weighted by Crippen LogP contribution is -2.35. The Hall–Kier alpha value is -2.47. The molecular formula is C20H23N3O2S. The lowest BCUT2D eigenvalue weighted by atomic mass is 10.0. The molecule has 0 radical (unpaired) electrons. The maximum atomic E-state index is 13.3. The third-order valence-electron chi connectivity index (χ3n) is 4.80. The van der Waals surface area contributed by atoms with Crippen LogP contribution >= 0.6 is 11.3 Å². The number of carbonyl (C=O) groups is 1. The highest BCUT2D eigenvalue weighted by Crippen LogP contribution is 2.33. The number of hydrogen-bond donors (Lipinski definition) is 1. The van der Waals surface area contributed by atoms with Gasteiger partial charge in [-0.05, 0) is 37.5 Å². The maximum Gasteiger partial charge on any atom is 0.263 e. The number of aryl methyl sites for hydroxylation is 2. The molecule has 1 atom stereocenters. The molecule has 136 valence electrons. The smallest absolute Gasteiger partial charge is 0.263 e. The van der Waals surface area contributed by atoms with Crippen molar-refractivity contribution < 1.29 is 4.79 Å². The first kappa shape index (κ1) is 18.3. The monoisotopic (exact) mass is 369 g/mol. The summed E-state index contributed by atoms with van der Waals surface area (Å²) in [6.45, 7) is 9.66. The second-order valence-electron chi connectivity index (χ2n) is 7.01. The Morgan fingerprint density at radius 3 is 2.46 bits per heavy atom. The summed E-state index contributed by atoms with van der Waals surface area (Å²) < 4.78 is 1.45. The van der Waals surface area contributed by atoms with Crippen LogP contribution in [0, 0.1) is 13.8 Å². The standard InChI is InChI=1S/C20H23N3O2S/c1-10(2)18-22-19-16(20(25)23(18)13(5)17(21)24)15(9-26-19)14-7-6-11(3)12(4)8-14/h6-10,13H,1-5H3,(H2,21,24). The Kier molecular flexibility index (Phi) is 4.71. The topological polar surface area (TPSA) is 78.0 Å². The van der Waals surface area contributed by atoms with Gasteiger partial charge in [0.15, 0.2) is 0 Å². The summed E-state index contributed by atoms with van der Waals surface area (Å²) in [5.41, 5.74) is 9.48. The number of primary amides is 1. The summed E-state index contributed by atoms with van der Waals surface area (Å²) in [5, 5.41) is 2.52. The third kappa shape index (κ3) is 2.94. The van der Waals surface area contributed by atoms with E-state index >= 15 is 0 Å².